The minimum absolute atomic E-state index is 0.536. The number of H-pyrrole nitrogens is 1. The molecule has 2 heterocycles. The van der Waals surface area contributed by atoms with Crippen LogP contribution in [0.3, 0.4) is 0 Å². The summed E-state index contributed by atoms with van der Waals surface area (Å²) in [7, 11) is 0. The van der Waals surface area contributed by atoms with Gasteiger partial charge in [0.05, 0.1) is 10.2 Å². The third-order valence-electron chi connectivity index (χ3n) is 3.73. The second kappa shape index (κ2) is 5.47. The molecule has 1 unspecified atom stereocenters. The van der Waals surface area contributed by atoms with Gasteiger partial charge in [-0.2, -0.15) is 5.10 Å². The van der Waals surface area contributed by atoms with Crippen molar-refractivity contribution in [3.8, 4) is 11.3 Å². The van der Waals surface area contributed by atoms with Crippen molar-refractivity contribution >= 4 is 15.9 Å². The van der Waals surface area contributed by atoms with E-state index in [-0.39, 0.29) is 0 Å². The van der Waals surface area contributed by atoms with Crippen LogP contribution in [0.1, 0.15) is 30.0 Å². The van der Waals surface area contributed by atoms with E-state index in [9.17, 15) is 0 Å². The maximum absolute atomic E-state index is 4.50. The number of aromatic amines is 1. The number of nitrogens with one attached hydrogen (secondary N) is 2. The zero-order valence-electron chi connectivity index (χ0n) is 11.0. The molecular weight excluding hydrogens is 302 g/mol. The predicted octanol–water partition coefficient (Wildman–Crippen LogP) is 3.61. The summed E-state index contributed by atoms with van der Waals surface area (Å²) in [6, 6.07) is 8.46. The molecule has 19 heavy (non-hydrogen) atoms. The van der Waals surface area contributed by atoms with E-state index < -0.39 is 0 Å². The molecular formula is C15H18BrN3. The number of rotatable bonds is 2. The first-order valence-corrected chi connectivity index (χ1v) is 7.56. The predicted molar refractivity (Wildman–Crippen MR) is 81.3 cm³/mol. The van der Waals surface area contributed by atoms with E-state index in [1.54, 1.807) is 0 Å². The molecule has 0 amide bonds. The van der Waals surface area contributed by atoms with Gasteiger partial charge in [0, 0.05) is 18.0 Å². The van der Waals surface area contributed by atoms with Crippen molar-refractivity contribution in [3.05, 3.63) is 40.0 Å². The third kappa shape index (κ3) is 2.60. The molecule has 1 aliphatic rings. The van der Waals surface area contributed by atoms with Gasteiger partial charge in [-0.05, 0) is 48.3 Å². The maximum Gasteiger partial charge on any atom is 0.107 e. The molecule has 0 saturated carbocycles. The molecule has 1 fully saturated rings. The van der Waals surface area contributed by atoms with Gasteiger partial charge in [-0.15, -0.1) is 0 Å². The Morgan fingerprint density at radius 1 is 1.37 bits per heavy atom. The van der Waals surface area contributed by atoms with Gasteiger partial charge in [0.1, 0.15) is 5.69 Å². The first-order chi connectivity index (χ1) is 9.25. The van der Waals surface area contributed by atoms with Crippen molar-refractivity contribution in [1.82, 2.24) is 15.5 Å². The molecule has 1 atom stereocenters. The summed E-state index contributed by atoms with van der Waals surface area (Å²) < 4.78 is 1.12. The highest BCUT2D eigenvalue weighted by atomic mass is 79.9. The van der Waals surface area contributed by atoms with E-state index >= 15 is 0 Å². The summed E-state index contributed by atoms with van der Waals surface area (Å²) in [5, 5.41) is 11.2. The number of nitrogens with zero attached hydrogens (tertiary/aromatic N) is 1. The molecule has 3 rings (SSSR count). The summed E-state index contributed by atoms with van der Waals surface area (Å²) in [6.07, 6.45) is 2.46. The summed E-state index contributed by atoms with van der Waals surface area (Å²) in [5.41, 5.74) is 4.67. The standard InChI is InChI=1S/C15H18BrN3/c1-10-4-2-5-11(8-10)14-13(16)15(19-18-14)12-6-3-7-17-9-12/h2,4-5,8,12,17H,3,6-7,9H2,1H3,(H,18,19). The van der Waals surface area contributed by atoms with Gasteiger partial charge in [-0.25, -0.2) is 0 Å². The monoisotopic (exact) mass is 319 g/mol. The van der Waals surface area contributed by atoms with Gasteiger partial charge in [-0.3, -0.25) is 5.10 Å². The van der Waals surface area contributed by atoms with Crippen LogP contribution in [-0.4, -0.2) is 23.3 Å². The second-order valence-electron chi connectivity index (χ2n) is 5.21. The lowest BCUT2D eigenvalue weighted by Gasteiger charge is -2.21. The fourth-order valence-corrected chi connectivity index (χ4v) is 3.42. The first-order valence-electron chi connectivity index (χ1n) is 6.77. The lowest BCUT2D eigenvalue weighted by atomic mass is 9.95. The van der Waals surface area contributed by atoms with E-state index in [1.807, 2.05) is 0 Å². The minimum atomic E-state index is 0.536. The molecule has 0 spiro atoms. The molecule has 0 radical (unpaired) electrons. The van der Waals surface area contributed by atoms with Gasteiger partial charge in [0.15, 0.2) is 0 Å². The molecule has 1 saturated heterocycles. The molecule has 100 valence electrons. The molecule has 1 aromatic carbocycles. The van der Waals surface area contributed by atoms with Crippen LogP contribution in [0.2, 0.25) is 0 Å². The van der Waals surface area contributed by atoms with Gasteiger partial charge in [-0.1, -0.05) is 23.8 Å². The number of hydrogen-bond acceptors (Lipinski definition) is 2. The number of piperidine rings is 1. The Morgan fingerprint density at radius 2 is 2.26 bits per heavy atom. The first kappa shape index (κ1) is 12.9. The van der Waals surface area contributed by atoms with E-state index in [4.69, 9.17) is 0 Å². The Hall–Kier alpha value is -1.13. The molecule has 2 aromatic rings. The van der Waals surface area contributed by atoms with Crippen molar-refractivity contribution in [2.45, 2.75) is 25.7 Å². The van der Waals surface area contributed by atoms with E-state index in [0.29, 0.717) is 5.92 Å². The van der Waals surface area contributed by atoms with Crippen LogP contribution in [0, 0.1) is 6.92 Å². The summed E-state index contributed by atoms with van der Waals surface area (Å²) in [4.78, 5) is 0. The SMILES string of the molecule is Cc1cccc(-c2n[nH]c(C3CCCNC3)c2Br)c1. The van der Waals surface area contributed by atoms with Gasteiger partial charge >= 0.3 is 0 Å². The minimum Gasteiger partial charge on any atom is -0.316 e. The van der Waals surface area contributed by atoms with Crippen molar-refractivity contribution < 1.29 is 0 Å². The van der Waals surface area contributed by atoms with Crippen LogP contribution in [0.4, 0.5) is 0 Å². The number of halogens is 1. The van der Waals surface area contributed by atoms with Gasteiger partial charge < -0.3 is 5.32 Å². The van der Waals surface area contributed by atoms with E-state index in [0.717, 1.165) is 28.8 Å². The topological polar surface area (TPSA) is 40.7 Å². The van der Waals surface area contributed by atoms with Gasteiger partial charge in [0.2, 0.25) is 0 Å². The van der Waals surface area contributed by atoms with Crippen molar-refractivity contribution in [2.75, 3.05) is 13.1 Å². The smallest absolute Gasteiger partial charge is 0.107 e. The summed E-state index contributed by atoms with van der Waals surface area (Å²) >= 11 is 3.73. The molecule has 3 nitrogen and oxygen atoms in total. The largest absolute Gasteiger partial charge is 0.316 e. The normalized spacial score (nSPS) is 19.6. The van der Waals surface area contributed by atoms with Crippen LogP contribution < -0.4 is 5.32 Å². The fourth-order valence-electron chi connectivity index (χ4n) is 2.69. The van der Waals surface area contributed by atoms with Crippen LogP contribution in [0.5, 0.6) is 0 Å². The highest BCUT2D eigenvalue weighted by molar-refractivity contribution is 9.10. The zero-order valence-corrected chi connectivity index (χ0v) is 12.6. The fraction of sp³-hybridized carbons (Fsp3) is 0.400. The van der Waals surface area contributed by atoms with Gasteiger partial charge in [0.25, 0.3) is 0 Å². The molecule has 2 N–H and O–H groups in total. The third-order valence-corrected chi connectivity index (χ3v) is 4.53. The van der Waals surface area contributed by atoms with E-state index in [1.165, 1.54) is 24.1 Å². The molecule has 0 aliphatic carbocycles. The maximum atomic E-state index is 4.50. The van der Waals surface area contributed by atoms with Crippen LogP contribution in [0.25, 0.3) is 11.3 Å². The summed E-state index contributed by atoms with van der Waals surface area (Å²) in [6.45, 7) is 4.27. The quantitative estimate of drug-likeness (QED) is 0.887. The van der Waals surface area contributed by atoms with Crippen molar-refractivity contribution in [1.29, 1.82) is 0 Å². The highest BCUT2D eigenvalue weighted by Crippen LogP contribution is 2.35. The Kier molecular flexibility index (Phi) is 3.71. The van der Waals surface area contributed by atoms with Crippen LogP contribution in [0.15, 0.2) is 28.7 Å². The Balaban J connectivity index is 1.94. The lowest BCUT2D eigenvalue weighted by molar-refractivity contribution is 0.453. The second-order valence-corrected chi connectivity index (χ2v) is 6.01. The number of hydrogen-bond donors (Lipinski definition) is 2. The average Bonchev–Trinajstić information content (AvgIpc) is 2.81. The average molecular weight is 320 g/mol. The highest BCUT2D eigenvalue weighted by Gasteiger charge is 2.22. The lowest BCUT2D eigenvalue weighted by Crippen LogP contribution is -2.28. The number of benzene rings is 1. The number of aryl methyl sites for hydroxylation is 1. The van der Waals surface area contributed by atoms with Crippen LogP contribution >= 0.6 is 15.9 Å². The van der Waals surface area contributed by atoms with Crippen molar-refractivity contribution in [2.24, 2.45) is 0 Å². The van der Waals surface area contributed by atoms with E-state index in [2.05, 4.69) is 62.6 Å². The Labute approximate surface area is 121 Å². The molecule has 1 aromatic heterocycles. The molecule has 1 aliphatic heterocycles. The van der Waals surface area contributed by atoms with Crippen molar-refractivity contribution in [3.63, 3.8) is 0 Å². The summed E-state index contributed by atoms with van der Waals surface area (Å²) in [5.74, 6) is 0.536. The zero-order chi connectivity index (χ0) is 13.2. The Morgan fingerprint density at radius 3 is 3.00 bits per heavy atom. The molecule has 0 bridgehead atoms. The van der Waals surface area contributed by atoms with Crippen LogP contribution in [-0.2, 0) is 0 Å². The molecule has 4 heteroatoms. The Bertz CT molecular complexity index is 571. The number of aromatic nitrogens is 2.